The molecule has 5 nitrogen and oxygen atoms in total. The van der Waals surface area contributed by atoms with Crippen molar-refractivity contribution in [2.45, 2.75) is 32.8 Å². The van der Waals surface area contributed by atoms with Crippen molar-refractivity contribution in [3.8, 4) is 5.75 Å². The van der Waals surface area contributed by atoms with Crippen LogP contribution in [0, 0.1) is 6.92 Å². The number of carbonyl (C=O) groups is 2. The first-order valence-corrected chi connectivity index (χ1v) is 8.34. The van der Waals surface area contributed by atoms with Crippen molar-refractivity contribution in [2.75, 3.05) is 0 Å². The number of aryl methyl sites for hydroxylation is 2. The van der Waals surface area contributed by atoms with E-state index in [1.54, 1.807) is 0 Å². The number of rotatable bonds is 3. The summed E-state index contributed by atoms with van der Waals surface area (Å²) in [5.74, 6) is 0.0700. The molecule has 0 bridgehead atoms. The Labute approximate surface area is 138 Å². The fraction of sp³-hybridized carbons (Fsp3) is 0.294. The van der Waals surface area contributed by atoms with Crippen LogP contribution in [0.3, 0.4) is 0 Å². The molecule has 2 heterocycles. The lowest BCUT2D eigenvalue weighted by atomic mass is 10.1. The molecule has 23 heavy (non-hydrogen) atoms. The average molecular weight is 330 g/mol. The van der Waals surface area contributed by atoms with Crippen molar-refractivity contribution >= 4 is 23.2 Å². The molecule has 1 atom stereocenters. The molecule has 1 aromatic heterocycles. The summed E-state index contributed by atoms with van der Waals surface area (Å²) in [6.45, 7) is 4.03. The van der Waals surface area contributed by atoms with Crippen LogP contribution in [0.5, 0.6) is 5.75 Å². The Morgan fingerprint density at radius 1 is 1.30 bits per heavy atom. The topological polar surface area (TPSA) is 67.4 Å². The summed E-state index contributed by atoms with van der Waals surface area (Å²) in [5, 5.41) is 0. The molecule has 1 aliphatic heterocycles. The molecule has 2 N–H and O–H groups in total. The highest BCUT2D eigenvalue weighted by atomic mass is 32.1. The molecule has 0 aliphatic carbocycles. The van der Waals surface area contributed by atoms with E-state index in [1.165, 1.54) is 16.2 Å². The van der Waals surface area contributed by atoms with Gasteiger partial charge in [-0.25, -0.2) is 0 Å². The number of benzene rings is 1. The zero-order valence-corrected chi connectivity index (χ0v) is 13.8. The molecular weight excluding hydrogens is 312 g/mol. The van der Waals surface area contributed by atoms with Gasteiger partial charge in [-0.1, -0.05) is 25.1 Å². The summed E-state index contributed by atoms with van der Waals surface area (Å²) in [6.07, 6.45) is 0.796. The average Bonchev–Trinajstić information content (AvgIpc) is 3.15. The highest BCUT2D eigenvalue weighted by molar-refractivity contribution is 7.14. The van der Waals surface area contributed by atoms with E-state index in [0.717, 1.165) is 23.3 Å². The van der Waals surface area contributed by atoms with E-state index in [1.807, 2.05) is 37.3 Å². The zero-order chi connectivity index (χ0) is 16.4. The van der Waals surface area contributed by atoms with Gasteiger partial charge in [-0.2, -0.15) is 0 Å². The number of hydrogen-bond acceptors (Lipinski definition) is 4. The fourth-order valence-electron chi connectivity index (χ4n) is 2.57. The second kappa shape index (κ2) is 6.42. The second-order valence-electron chi connectivity index (χ2n) is 5.43. The van der Waals surface area contributed by atoms with E-state index in [4.69, 9.17) is 4.74 Å². The van der Waals surface area contributed by atoms with E-state index < -0.39 is 6.10 Å². The second-order valence-corrected chi connectivity index (χ2v) is 6.57. The molecule has 6 heteroatoms. The molecule has 0 fully saturated rings. The lowest BCUT2D eigenvalue weighted by molar-refractivity contribution is -0.128. The Balaban J connectivity index is 1.56. The molecule has 1 aromatic carbocycles. The minimum Gasteiger partial charge on any atom is -0.480 e. The lowest BCUT2D eigenvalue weighted by Gasteiger charge is -2.11. The number of amides is 2. The van der Waals surface area contributed by atoms with Gasteiger partial charge in [-0.3, -0.25) is 20.4 Å². The largest absolute Gasteiger partial charge is 0.480 e. The first-order valence-electron chi connectivity index (χ1n) is 7.52. The van der Waals surface area contributed by atoms with Gasteiger partial charge in [0, 0.05) is 11.3 Å². The first kappa shape index (κ1) is 15.6. The maximum absolute atomic E-state index is 12.1. The lowest BCUT2D eigenvalue weighted by Crippen LogP contribution is -2.47. The Morgan fingerprint density at radius 2 is 2.09 bits per heavy atom. The maximum Gasteiger partial charge on any atom is 0.279 e. The maximum atomic E-state index is 12.1. The van der Waals surface area contributed by atoms with Crippen LogP contribution in [0.15, 0.2) is 30.3 Å². The predicted octanol–water partition coefficient (Wildman–Crippen LogP) is 2.38. The first-order chi connectivity index (χ1) is 11.1. The molecule has 3 rings (SSSR count). The summed E-state index contributed by atoms with van der Waals surface area (Å²) >= 11 is 1.45. The van der Waals surface area contributed by atoms with Gasteiger partial charge in [0.25, 0.3) is 11.8 Å². The molecule has 1 aliphatic rings. The van der Waals surface area contributed by atoms with Crippen LogP contribution >= 0.6 is 11.3 Å². The Morgan fingerprint density at radius 3 is 2.78 bits per heavy atom. The highest BCUT2D eigenvalue weighted by Gasteiger charge is 2.29. The molecule has 0 saturated carbocycles. The molecular formula is C17H18N2O3S. The van der Waals surface area contributed by atoms with E-state index in [0.29, 0.717) is 11.3 Å². The van der Waals surface area contributed by atoms with Crippen LogP contribution in [0.4, 0.5) is 0 Å². The van der Waals surface area contributed by atoms with E-state index >= 15 is 0 Å². The monoisotopic (exact) mass is 330 g/mol. The summed E-state index contributed by atoms with van der Waals surface area (Å²) in [5.41, 5.74) is 7.01. The van der Waals surface area contributed by atoms with Crippen LogP contribution < -0.4 is 15.6 Å². The quantitative estimate of drug-likeness (QED) is 0.849. The molecule has 0 spiro atoms. The Bertz CT molecular complexity index is 729. The van der Waals surface area contributed by atoms with Crippen molar-refractivity contribution in [1.82, 2.24) is 10.9 Å². The highest BCUT2D eigenvalue weighted by Crippen LogP contribution is 2.28. The van der Waals surface area contributed by atoms with Crippen LogP contribution in [-0.2, 0) is 17.6 Å². The number of thiophene rings is 1. The normalized spacial score (nSPS) is 15.7. The van der Waals surface area contributed by atoms with Gasteiger partial charge in [0.1, 0.15) is 5.75 Å². The van der Waals surface area contributed by atoms with Gasteiger partial charge >= 0.3 is 0 Å². The van der Waals surface area contributed by atoms with Gasteiger partial charge in [0.15, 0.2) is 6.10 Å². The SMILES string of the molecule is CCc1sc(C(=O)NNC(=O)[C@@H]2Cc3ccccc3O2)cc1C. The van der Waals surface area contributed by atoms with Crippen molar-refractivity contribution in [1.29, 1.82) is 0 Å². The van der Waals surface area contributed by atoms with Crippen LogP contribution in [0.2, 0.25) is 0 Å². The van der Waals surface area contributed by atoms with Gasteiger partial charge in [0.2, 0.25) is 0 Å². The number of para-hydroxylation sites is 1. The van der Waals surface area contributed by atoms with Crippen LogP contribution in [0.25, 0.3) is 0 Å². The number of carbonyl (C=O) groups excluding carboxylic acids is 2. The van der Waals surface area contributed by atoms with Gasteiger partial charge in [0.05, 0.1) is 4.88 Å². The third-order valence-electron chi connectivity index (χ3n) is 3.80. The minimum absolute atomic E-state index is 0.304. The number of ether oxygens (including phenoxy) is 1. The number of hydrogen-bond donors (Lipinski definition) is 2. The van der Waals surface area contributed by atoms with Crippen molar-refractivity contribution in [3.63, 3.8) is 0 Å². The van der Waals surface area contributed by atoms with Crippen molar-refractivity contribution < 1.29 is 14.3 Å². The van der Waals surface area contributed by atoms with Crippen molar-refractivity contribution in [3.05, 3.63) is 51.2 Å². The molecule has 0 unspecified atom stereocenters. The van der Waals surface area contributed by atoms with Gasteiger partial charge in [-0.15, -0.1) is 11.3 Å². The molecule has 2 aromatic rings. The Kier molecular flexibility index (Phi) is 4.34. The third-order valence-corrected chi connectivity index (χ3v) is 5.18. The third kappa shape index (κ3) is 3.22. The summed E-state index contributed by atoms with van der Waals surface area (Å²) in [6, 6.07) is 9.39. The van der Waals surface area contributed by atoms with Gasteiger partial charge < -0.3 is 4.74 Å². The molecule has 2 amide bonds. The zero-order valence-electron chi connectivity index (χ0n) is 13.0. The molecule has 0 saturated heterocycles. The van der Waals surface area contributed by atoms with Crippen LogP contribution in [0.1, 0.15) is 32.6 Å². The molecule has 120 valence electrons. The van der Waals surface area contributed by atoms with E-state index in [9.17, 15) is 9.59 Å². The summed E-state index contributed by atoms with van der Waals surface area (Å²) in [4.78, 5) is 26.0. The summed E-state index contributed by atoms with van der Waals surface area (Å²) < 4.78 is 5.59. The van der Waals surface area contributed by atoms with E-state index in [2.05, 4.69) is 17.8 Å². The number of fused-ring (bicyclic) bond motifs is 1. The predicted molar refractivity (Wildman–Crippen MR) is 88.6 cm³/mol. The number of hydrazine groups is 1. The van der Waals surface area contributed by atoms with Gasteiger partial charge in [-0.05, 0) is 36.6 Å². The van der Waals surface area contributed by atoms with E-state index in [-0.39, 0.29) is 11.8 Å². The molecule has 0 radical (unpaired) electrons. The van der Waals surface area contributed by atoms with Crippen LogP contribution in [-0.4, -0.2) is 17.9 Å². The minimum atomic E-state index is -0.607. The fourth-order valence-corrected chi connectivity index (χ4v) is 3.58. The number of nitrogens with one attached hydrogen (secondary N) is 2. The standard InChI is InChI=1S/C17H18N2O3S/c1-3-14-10(2)8-15(23-14)17(21)19-18-16(20)13-9-11-6-4-5-7-12(11)22-13/h4-8,13H,3,9H2,1-2H3,(H,18,20)(H,19,21)/t13-/m0/s1. The smallest absolute Gasteiger partial charge is 0.279 e. The Hall–Kier alpha value is -2.34. The summed E-state index contributed by atoms with van der Waals surface area (Å²) in [7, 11) is 0. The van der Waals surface area contributed by atoms with Crippen molar-refractivity contribution in [2.24, 2.45) is 0 Å².